The summed E-state index contributed by atoms with van der Waals surface area (Å²) >= 11 is 0. The predicted molar refractivity (Wildman–Crippen MR) is 87.9 cm³/mol. The highest BCUT2D eigenvalue weighted by atomic mass is 16.2. The summed E-state index contributed by atoms with van der Waals surface area (Å²) in [6.07, 6.45) is 2.22. The molecule has 21 heavy (non-hydrogen) atoms. The van der Waals surface area contributed by atoms with Crippen LogP contribution >= 0.6 is 0 Å². The van der Waals surface area contributed by atoms with Gasteiger partial charge in [0.05, 0.1) is 0 Å². The fraction of sp³-hybridized carbons (Fsp3) is 0.588. The highest BCUT2D eigenvalue weighted by molar-refractivity contribution is 5.82. The fourth-order valence-electron chi connectivity index (χ4n) is 2.73. The van der Waals surface area contributed by atoms with Crippen molar-refractivity contribution < 1.29 is 4.79 Å². The number of nitrogens with one attached hydrogen (secondary N) is 1. The van der Waals surface area contributed by atoms with Crippen LogP contribution in [0.1, 0.15) is 38.3 Å². The maximum absolute atomic E-state index is 12.2. The van der Waals surface area contributed by atoms with Crippen LogP contribution < -0.4 is 11.1 Å². The van der Waals surface area contributed by atoms with Crippen LogP contribution in [0.15, 0.2) is 30.3 Å². The van der Waals surface area contributed by atoms with E-state index >= 15 is 0 Å². The third-order valence-electron chi connectivity index (χ3n) is 4.18. The van der Waals surface area contributed by atoms with Crippen LogP contribution in [0.4, 0.5) is 0 Å². The molecule has 0 heterocycles. The molecule has 0 radical (unpaired) electrons. The molecule has 0 aliphatic rings. The van der Waals surface area contributed by atoms with E-state index in [0.29, 0.717) is 18.5 Å². The highest BCUT2D eigenvalue weighted by Crippen LogP contribution is 2.17. The molecule has 0 fully saturated rings. The summed E-state index contributed by atoms with van der Waals surface area (Å²) in [5.74, 6) is 0.465. The Hall–Kier alpha value is -1.39. The van der Waals surface area contributed by atoms with E-state index in [1.54, 1.807) is 0 Å². The van der Waals surface area contributed by atoms with Gasteiger partial charge in [0.25, 0.3) is 0 Å². The van der Waals surface area contributed by atoms with Crippen LogP contribution in [-0.2, 0) is 4.79 Å². The molecule has 0 aromatic heterocycles. The summed E-state index contributed by atoms with van der Waals surface area (Å²) in [7, 11) is 4.12. The predicted octanol–water partition coefficient (Wildman–Crippen LogP) is 2.17. The zero-order valence-electron chi connectivity index (χ0n) is 13.7. The first-order valence-corrected chi connectivity index (χ1v) is 7.75. The monoisotopic (exact) mass is 291 g/mol. The van der Waals surface area contributed by atoms with Crippen LogP contribution in [-0.4, -0.2) is 37.5 Å². The number of carbonyl (C=O) groups excluding carboxylic acids is 1. The molecule has 1 aromatic carbocycles. The first-order valence-electron chi connectivity index (χ1n) is 7.75. The van der Waals surface area contributed by atoms with Gasteiger partial charge in [0.15, 0.2) is 0 Å². The van der Waals surface area contributed by atoms with E-state index in [2.05, 4.69) is 38.2 Å². The lowest BCUT2D eigenvalue weighted by Crippen LogP contribution is -2.46. The molecule has 0 aliphatic carbocycles. The molecule has 0 spiro atoms. The number of carbonyl (C=O) groups is 1. The van der Waals surface area contributed by atoms with Crippen LogP contribution in [0, 0.1) is 5.92 Å². The number of hydrogen-bond donors (Lipinski definition) is 2. The third kappa shape index (κ3) is 5.14. The Labute approximate surface area is 128 Å². The van der Waals surface area contributed by atoms with Gasteiger partial charge < -0.3 is 16.0 Å². The van der Waals surface area contributed by atoms with Crippen molar-refractivity contribution in [2.24, 2.45) is 11.7 Å². The fourth-order valence-corrected chi connectivity index (χ4v) is 2.73. The molecule has 0 saturated heterocycles. The van der Waals surface area contributed by atoms with Crippen molar-refractivity contribution in [3.63, 3.8) is 0 Å². The Morgan fingerprint density at radius 3 is 2.24 bits per heavy atom. The van der Waals surface area contributed by atoms with Crippen molar-refractivity contribution in [1.82, 2.24) is 10.2 Å². The lowest BCUT2D eigenvalue weighted by atomic mass is 9.93. The highest BCUT2D eigenvalue weighted by Gasteiger charge is 2.23. The number of nitrogens with two attached hydrogens (primary N) is 1. The zero-order chi connectivity index (χ0) is 15.8. The molecule has 4 nitrogen and oxygen atoms in total. The normalized spacial score (nSPS) is 14.2. The van der Waals surface area contributed by atoms with Crippen molar-refractivity contribution in [2.45, 2.75) is 38.8 Å². The minimum atomic E-state index is -0.601. The van der Waals surface area contributed by atoms with Gasteiger partial charge >= 0.3 is 0 Å². The lowest BCUT2D eigenvalue weighted by Gasteiger charge is -2.31. The minimum Gasteiger partial charge on any atom is -0.353 e. The number of likely N-dealkylation sites (N-methyl/N-ethyl adjacent to an activating group) is 1. The molecule has 0 saturated carbocycles. The minimum absolute atomic E-state index is 0.112. The van der Waals surface area contributed by atoms with Crippen LogP contribution in [0.25, 0.3) is 0 Å². The second-order valence-corrected chi connectivity index (χ2v) is 5.74. The van der Waals surface area contributed by atoms with Gasteiger partial charge in [0.2, 0.25) is 5.91 Å². The summed E-state index contributed by atoms with van der Waals surface area (Å²) in [5, 5.41) is 3.01. The van der Waals surface area contributed by atoms with Crippen molar-refractivity contribution in [2.75, 3.05) is 20.6 Å². The van der Waals surface area contributed by atoms with Gasteiger partial charge in [-0.1, -0.05) is 57.0 Å². The van der Waals surface area contributed by atoms with E-state index in [4.69, 9.17) is 5.73 Å². The second-order valence-electron chi connectivity index (χ2n) is 5.74. The van der Waals surface area contributed by atoms with Crippen molar-refractivity contribution >= 4 is 5.91 Å². The van der Waals surface area contributed by atoms with Crippen LogP contribution in [0.3, 0.4) is 0 Å². The number of rotatable bonds is 8. The van der Waals surface area contributed by atoms with E-state index in [9.17, 15) is 4.79 Å². The average Bonchev–Trinajstić information content (AvgIpc) is 2.50. The first kappa shape index (κ1) is 17.7. The maximum atomic E-state index is 12.2. The Morgan fingerprint density at radius 1 is 1.19 bits per heavy atom. The SMILES string of the molecule is CCC(CC)C(CNC(=O)C(N)c1ccccc1)N(C)C. The van der Waals surface area contributed by atoms with Crippen LogP contribution in [0.2, 0.25) is 0 Å². The van der Waals surface area contributed by atoms with E-state index in [1.807, 2.05) is 30.3 Å². The van der Waals surface area contributed by atoms with Crippen molar-refractivity contribution in [3.8, 4) is 0 Å². The Balaban J connectivity index is 2.61. The number of nitrogens with zero attached hydrogens (tertiary/aromatic N) is 1. The topological polar surface area (TPSA) is 58.4 Å². The summed E-state index contributed by atoms with van der Waals surface area (Å²) in [6, 6.07) is 9.22. The molecule has 1 rings (SSSR count). The van der Waals surface area contributed by atoms with Gasteiger partial charge in [-0.25, -0.2) is 0 Å². The number of amides is 1. The smallest absolute Gasteiger partial charge is 0.241 e. The molecular formula is C17H29N3O. The zero-order valence-corrected chi connectivity index (χ0v) is 13.7. The van der Waals surface area contributed by atoms with Gasteiger partial charge in [-0.3, -0.25) is 4.79 Å². The van der Waals surface area contributed by atoms with E-state index in [-0.39, 0.29) is 5.91 Å². The van der Waals surface area contributed by atoms with Gasteiger partial charge in [-0.15, -0.1) is 0 Å². The van der Waals surface area contributed by atoms with Gasteiger partial charge in [0.1, 0.15) is 6.04 Å². The van der Waals surface area contributed by atoms with Gasteiger partial charge in [-0.2, -0.15) is 0 Å². The molecule has 0 aliphatic heterocycles. The lowest BCUT2D eigenvalue weighted by molar-refractivity contribution is -0.122. The summed E-state index contributed by atoms with van der Waals surface area (Å²) < 4.78 is 0. The Bertz CT molecular complexity index is 415. The molecule has 3 N–H and O–H groups in total. The van der Waals surface area contributed by atoms with Gasteiger partial charge in [-0.05, 0) is 25.6 Å². The molecule has 1 amide bonds. The van der Waals surface area contributed by atoms with Crippen LogP contribution in [0.5, 0.6) is 0 Å². The molecular weight excluding hydrogens is 262 g/mol. The summed E-state index contributed by atoms with van der Waals surface area (Å²) in [6.45, 7) is 5.03. The third-order valence-corrected chi connectivity index (χ3v) is 4.18. The molecule has 1 aromatic rings. The number of benzene rings is 1. The maximum Gasteiger partial charge on any atom is 0.241 e. The molecule has 0 bridgehead atoms. The van der Waals surface area contributed by atoms with E-state index < -0.39 is 6.04 Å². The van der Waals surface area contributed by atoms with Gasteiger partial charge in [0, 0.05) is 12.6 Å². The van der Waals surface area contributed by atoms with E-state index in [1.165, 1.54) is 0 Å². The summed E-state index contributed by atoms with van der Waals surface area (Å²) in [4.78, 5) is 14.4. The number of hydrogen-bond acceptors (Lipinski definition) is 3. The molecule has 118 valence electrons. The average molecular weight is 291 g/mol. The standard InChI is InChI=1S/C17H29N3O/c1-5-13(6-2)15(20(3)4)12-19-17(21)16(18)14-10-8-7-9-11-14/h7-11,13,15-16H,5-6,12,18H2,1-4H3,(H,19,21). The molecule has 2 atom stereocenters. The first-order chi connectivity index (χ1) is 10.0. The van der Waals surface area contributed by atoms with Crippen molar-refractivity contribution in [1.29, 1.82) is 0 Å². The summed E-state index contributed by atoms with van der Waals surface area (Å²) in [5.41, 5.74) is 6.86. The Morgan fingerprint density at radius 2 is 1.76 bits per heavy atom. The van der Waals surface area contributed by atoms with E-state index in [0.717, 1.165) is 18.4 Å². The van der Waals surface area contributed by atoms with Crippen molar-refractivity contribution in [3.05, 3.63) is 35.9 Å². The molecule has 2 unspecified atom stereocenters. The largest absolute Gasteiger partial charge is 0.353 e. The Kier molecular flexibility index (Phi) is 7.40. The second kappa shape index (κ2) is 8.80. The molecule has 4 heteroatoms. The quantitative estimate of drug-likeness (QED) is 0.772.